The van der Waals surface area contributed by atoms with Crippen molar-refractivity contribution < 1.29 is 29.0 Å². The Balaban J connectivity index is 1.55. The molecule has 2 aromatic rings. The summed E-state index contributed by atoms with van der Waals surface area (Å²) in [6.07, 6.45) is 2.50. The molecule has 9 heteroatoms. The molecule has 3 N–H and O–H groups in total. The average molecular weight is 439 g/mol. The molecule has 0 aliphatic carbocycles. The van der Waals surface area contributed by atoms with Crippen LogP contribution in [0.1, 0.15) is 47.7 Å². The maximum absolute atomic E-state index is 12.6. The van der Waals surface area contributed by atoms with Crippen molar-refractivity contribution in [1.82, 2.24) is 5.43 Å². The van der Waals surface area contributed by atoms with Crippen LogP contribution in [0.2, 0.25) is 0 Å². The molecular weight excluding hydrogens is 414 g/mol. The van der Waals surface area contributed by atoms with E-state index in [4.69, 9.17) is 14.6 Å². The number of anilines is 1. The van der Waals surface area contributed by atoms with Crippen LogP contribution in [-0.4, -0.2) is 42.0 Å². The number of nitrogens with zero attached hydrogens (tertiary/aromatic N) is 1. The van der Waals surface area contributed by atoms with Gasteiger partial charge in [0.25, 0.3) is 5.91 Å². The van der Waals surface area contributed by atoms with Gasteiger partial charge in [-0.2, -0.15) is 5.10 Å². The Morgan fingerprint density at radius 3 is 2.72 bits per heavy atom. The van der Waals surface area contributed by atoms with E-state index in [2.05, 4.69) is 15.8 Å². The number of aryl methyl sites for hydroxylation is 1. The van der Waals surface area contributed by atoms with E-state index in [-0.39, 0.29) is 18.4 Å². The van der Waals surface area contributed by atoms with Crippen molar-refractivity contribution in [3.8, 4) is 5.75 Å². The summed E-state index contributed by atoms with van der Waals surface area (Å²) in [4.78, 5) is 34.7. The third kappa shape index (κ3) is 6.56. The number of ether oxygens (including phenoxy) is 2. The number of hydrazone groups is 1. The molecule has 2 amide bonds. The third-order valence-corrected chi connectivity index (χ3v) is 4.73. The highest BCUT2D eigenvalue weighted by atomic mass is 16.6. The van der Waals surface area contributed by atoms with Gasteiger partial charge in [-0.3, -0.25) is 9.59 Å². The molecule has 1 atom stereocenters. The fourth-order valence-corrected chi connectivity index (χ4v) is 3.17. The monoisotopic (exact) mass is 439 g/mol. The Morgan fingerprint density at radius 1 is 1.22 bits per heavy atom. The van der Waals surface area contributed by atoms with Crippen molar-refractivity contribution in [2.24, 2.45) is 5.10 Å². The van der Waals surface area contributed by atoms with Gasteiger partial charge in [0.2, 0.25) is 0 Å². The number of rotatable bonds is 8. The van der Waals surface area contributed by atoms with Crippen molar-refractivity contribution >= 4 is 29.9 Å². The minimum absolute atomic E-state index is 0.0301. The van der Waals surface area contributed by atoms with Gasteiger partial charge in [0, 0.05) is 11.3 Å². The average Bonchev–Trinajstić information content (AvgIpc) is 2.77. The van der Waals surface area contributed by atoms with Crippen LogP contribution in [0.3, 0.4) is 0 Å². The summed E-state index contributed by atoms with van der Waals surface area (Å²) >= 11 is 0. The van der Waals surface area contributed by atoms with E-state index in [1.54, 1.807) is 36.4 Å². The van der Waals surface area contributed by atoms with Crippen molar-refractivity contribution in [3.63, 3.8) is 0 Å². The first-order valence-electron chi connectivity index (χ1n) is 10.3. The normalized spacial score (nSPS) is 14.8. The van der Waals surface area contributed by atoms with Gasteiger partial charge in [-0.25, -0.2) is 10.2 Å². The van der Waals surface area contributed by atoms with Crippen molar-refractivity contribution in [3.05, 3.63) is 59.2 Å². The molecule has 1 unspecified atom stereocenters. The van der Waals surface area contributed by atoms with Gasteiger partial charge in [-0.15, -0.1) is 0 Å². The molecule has 0 saturated heterocycles. The first-order chi connectivity index (χ1) is 15.4. The molecule has 32 heavy (non-hydrogen) atoms. The molecule has 0 aromatic heterocycles. The lowest BCUT2D eigenvalue weighted by molar-refractivity contribution is -0.139. The van der Waals surface area contributed by atoms with Gasteiger partial charge < -0.3 is 19.9 Å². The summed E-state index contributed by atoms with van der Waals surface area (Å²) < 4.78 is 10.6. The molecule has 0 fully saturated rings. The van der Waals surface area contributed by atoms with E-state index in [9.17, 15) is 14.4 Å². The number of benzene rings is 2. The highest BCUT2D eigenvalue weighted by Gasteiger charge is 2.22. The summed E-state index contributed by atoms with van der Waals surface area (Å²) in [6, 6.07) is 12.0. The SMILES string of the molecule is CCCOC(=O)NN=Cc1ccc(C(=O)Nc2ccc3c(c2)CCC(CC(=O)O)O3)cc1. The second kappa shape index (κ2) is 10.9. The molecule has 1 heterocycles. The molecule has 2 aromatic carbocycles. The minimum atomic E-state index is -0.884. The summed E-state index contributed by atoms with van der Waals surface area (Å²) in [5.74, 6) is -0.503. The number of hydrogen-bond acceptors (Lipinski definition) is 6. The van der Waals surface area contributed by atoms with Crippen molar-refractivity contribution in [2.45, 2.75) is 38.7 Å². The lowest BCUT2D eigenvalue weighted by Crippen LogP contribution is -2.25. The molecule has 0 radical (unpaired) electrons. The van der Waals surface area contributed by atoms with E-state index in [1.165, 1.54) is 6.21 Å². The van der Waals surface area contributed by atoms with Crippen LogP contribution >= 0.6 is 0 Å². The summed E-state index contributed by atoms with van der Waals surface area (Å²) in [7, 11) is 0. The smallest absolute Gasteiger partial charge is 0.427 e. The fraction of sp³-hybridized carbons (Fsp3) is 0.304. The van der Waals surface area contributed by atoms with Crippen LogP contribution < -0.4 is 15.5 Å². The molecule has 0 saturated carbocycles. The number of carbonyl (C=O) groups is 3. The Bertz CT molecular complexity index is 1000. The van der Waals surface area contributed by atoms with E-state index in [0.717, 1.165) is 12.0 Å². The Labute approximate surface area is 185 Å². The van der Waals surface area contributed by atoms with Crippen LogP contribution in [0.25, 0.3) is 0 Å². The van der Waals surface area contributed by atoms with Crippen LogP contribution in [0.4, 0.5) is 10.5 Å². The zero-order valence-corrected chi connectivity index (χ0v) is 17.7. The van der Waals surface area contributed by atoms with Gasteiger partial charge in [-0.05, 0) is 60.7 Å². The topological polar surface area (TPSA) is 126 Å². The molecule has 1 aliphatic rings. The number of nitrogens with one attached hydrogen (secondary N) is 2. The van der Waals surface area contributed by atoms with Gasteiger partial charge in [0.05, 0.1) is 19.2 Å². The van der Waals surface area contributed by atoms with E-state index in [1.807, 2.05) is 13.0 Å². The van der Waals surface area contributed by atoms with Crippen molar-refractivity contribution in [1.29, 1.82) is 0 Å². The highest BCUT2D eigenvalue weighted by molar-refractivity contribution is 6.04. The highest BCUT2D eigenvalue weighted by Crippen LogP contribution is 2.31. The number of amides is 2. The molecule has 168 valence electrons. The molecule has 0 bridgehead atoms. The summed E-state index contributed by atoms with van der Waals surface area (Å²) in [5, 5.41) is 15.6. The maximum atomic E-state index is 12.6. The van der Waals surface area contributed by atoms with Crippen LogP contribution in [0, 0.1) is 0 Å². The van der Waals surface area contributed by atoms with Crippen LogP contribution in [0.5, 0.6) is 5.75 Å². The zero-order chi connectivity index (χ0) is 22.9. The van der Waals surface area contributed by atoms with Crippen LogP contribution in [0.15, 0.2) is 47.6 Å². The number of hydrogen-bond donors (Lipinski definition) is 3. The molecular formula is C23H25N3O6. The largest absolute Gasteiger partial charge is 0.490 e. The predicted octanol–water partition coefficient (Wildman–Crippen LogP) is 3.58. The van der Waals surface area contributed by atoms with Crippen molar-refractivity contribution in [2.75, 3.05) is 11.9 Å². The Morgan fingerprint density at radius 2 is 2.00 bits per heavy atom. The van der Waals surface area contributed by atoms with Gasteiger partial charge in [0.15, 0.2) is 0 Å². The van der Waals surface area contributed by atoms with Gasteiger partial charge in [0.1, 0.15) is 11.9 Å². The molecule has 9 nitrogen and oxygen atoms in total. The van der Waals surface area contributed by atoms with E-state index in [0.29, 0.717) is 42.0 Å². The van der Waals surface area contributed by atoms with E-state index < -0.39 is 12.1 Å². The first-order valence-corrected chi connectivity index (χ1v) is 10.3. The van der Waals surface area contributed by atoms with Gasteiger partial charge in [-0.1, -0.05) is 19.1 Å². The van der Waals surface area contributed by atoms with Gasteiger partial charge >= 0.3 is 12.1 Å². The minimum Gasteiger partial charge on any atom is -0.490 e. The first kappa shape index (κ1) is 22.8. The zero-order valence-electron chi connectivity index (χ0n) is 17.7. The molecule has 0 spiro atoms. The predicted molar refractivity (Wildman–Crippen MR) is 118 cm³/mol. The second-order valence-electron chi connectivity index (χ2n) is 7.28. The fourth-order valence-electron chi connectivity index (χ4n) is 3.17. The molecule has 3 rings (SSSR count). The number of carbonyl (C=O) groups excluding carboxylic acids is 2. The number of aliphatic carboxylic acids is 1. The molecule has 1 aliphatic heterocycles. The maximum Gasteiger partial charge on any atom is 0.427 e. The quantitative estimate of drug-likeness (QED) is 0.426. The number of carboxylic acid groups (broad SMARTS) is 1. The number of fused-ring (bicyclic) bond motifs is 1. The second-order valence-corrected chi connectivity index (χ2v) is 7.28. The lowest BCUT2D eigenvalue weighted by Gasteiger charge is -2.25. The lowest BCUT2D eigenvalue weighted by atomic mass is 10.00. The van der Waals surface area contributed by atoms with Crippen LogP contribution in [-0.2, 0) is 16.0 Å². The summed E-state index contributed by atoms with van der Waals surface area (Å²) in [6.45, 7) is 2.22. The Hall–Kier alpha value is -3.88. The standard InChI is InChI=1S/C23H25N3O6/c1-2-11-31-23(30)26-24-14-15-3-5-16(6-4-15)22(29)25-18-8-10-20-17(12-18)7-9-19(32-20)13-21(27)28/h3-6,8,10,12,14,19H,2,7,9,11,13H2,1H3,(H,25,29)(H,26,30)(H,27,28). The third-order valence-electron chi connectivity index (χ3n) is 4.73. The number of carboxylic acids is 1. The Kier molecular flexibility index (Phi) is 7.80. The summed E-state index contributed by atoms with van der Waals surface area (Å²) in [5.41, 5.74) is 5.00. The van der Waals surface area contributed by atoms with E-state index >= 15 is 0 Å².